The quantitative estimate of drug-likeness (QED) is 0.557. The van der Waals surface area contributed by atoms with E-state index >= 15 is 0 Å². The second-order valence-corrected chi connectivity index (χ2v) is 2.92. The minimum absolute atomic E-state index is 0.0577. The average Bonchev–Trinajstić information content (AvgIpc) is 1.85. The molecule has 0 bridgehead atoms. The molecule has 2 radical (unpaired) electrons. The molecule has 0 amide bonds. The molecule has 0 heterocycles. The summed E-state index contributed by atoms with van der Waals surface area (Å²) >= 11 is 0. The summed E-state index contributed by atoms with van der Waals surface area (Å²) in [5.41, 5.74) is 0. The first kappa shape index (κ1) is 8.69. The van der Waals surface area contributed by atoms with Crippen LogP contribution in [0.2, 0.25) is 6.04 Å². The summed E-state index contributed by atoms with van der Waals surface area (Å²) in [7, 11) is 0.356. The van der Waals surface area contributed by atoms with E-state index in [9.17, 15) is 4.79 Å². The van der Waals surface area contributed by atoms with Crippen LogP contribution in [0.5, 0.6) is 0 Å². The predicted octanol–water partition coefficient (Wildman–Crippen LogP) is 1.39. The van der Waals surface area contributed by atoms with Gasteiger partial charge in [0.05, 0.1) is 0 Å². The third-order valence-electron chi connectivity index (χ3n) is 0.784. The smallest absolute Gasteiger partial charge is 0.314 e. The Hall–Kier alpha value is -0.313. The molecule has 0 fully saturated rings. The Kier molecular flexibility index (Phi) is 5.61. The van der Waals surface area contributed by atoms with Crippen molar-refractivity contribution in [3.05, 3.63) is 0 Å². The third-order valence-corrected chi connectivity index (χ3v) is 1.45. The Morgan fingerprint density at radius 1 is 1.56 bits per heavy atom. The van der Waals surface area contributed by atoms with Crippen molar-refractivity contribution in [1.29, 1.82) is 0 Å². The molecule has 0 aromatic rings. The highest BCUT2D eigenvalue weighted by Crippen LogP contribution is 1.90. The lowest BCUT2D eigenvalue weighted by Gasteiger charge is -1.97. The molecule has 0 atom stereocenters. The summed E-state index contributed by atoms with van der Waals surface area (Å²) in [5, 5.41) is 0. The van der Waals surface area contributed by atoms with Crippen LogP contribution < -0.4 is 0 Å². The first-order valence-electron chi connectivity index (χ1n) is 3.23. The lowest BCUT2D eigenvalue weighted by molar-refractivity contribution is -0.134. The van der Waals surface area contributed by atoms with Crippen LogP contribution in [0.4, 0.5) is 0 Å². The molecule has 0 saturated carbocycles. The van der Waals surface area contributed by atoms with Crippen molar-refractivity contribution in [3.8, 4) is 0 Å². The molecule has 0 rings (SSSR count). The Labute approximate surface area is 58.5 Å². The highest BCUT2D eigenvalue weighted by molar-refractivity contribution is 6.30. The van der Waals surface area contributed by atoms with Crippen LogP contribution in [0.15, 0.2) is 0 Å². The van der Waals surface area contributed by atoms with Crippen molar-refractivity contribution in [3.63, 3.8) is 0 Å². The minimum atomic E-state index is -0.0577. The minimum Gasteiger partial charge on any atom is -0.516 e. The summed E-state index contributed by atoms with van der Waals surface area (Å²) in [6.07, 6.45) is 1.44. The molecule has 0 spiro atoms. The summed E-state index contributed by atoms with van der Waals surface area (Å²) in [6, 6.07) is 0.940. The van der Waals surface area contributed by atoms with Crippen molar-refractivity contribution in [1.82, 2.24) is 0 Å². The van der Waals surface area contributed by atoms with Gasteiger partial charge in [0.25, 0.3) is 5.97 Å². The molecular weight excluding hydrogens is 132 g/mol. The van der Waals surface area contributed by atoms with E-state index in [0.29, 0.717) is 16.2 Å². The zero-order valence-electron chi connectivity index (χ0n) is 5.94. The van der Waals surface area contributed by atoms with Gasteiger partial charge >= 0.3 is 9.76 Å². The molecule has 52 valence electrons. The van der Waals surface area contributed by atoms with E-state index in [2.05, 4.69) is 0 Å². The molecule has 0 aliphatic rings. The van der Waals surface area contributed by atoms with E-state index in [0.717, 1.165) is 12.5 Å². The Bertz CT molecular complexity index is 83.1. The van der Waals surface area contributed by atoms with Gasteiger partial charge in [0.1, 0.15) is 0 Å². The van der Waals surface area contributed by atoms with Crippen LogP contribution >= 0.6 is 0 Å². The lowest BCUT2D eigenvalue weighted by atomic mass is 10.4. The number of rotatable bonds is 4. The van der Waals surface area contributed by atoms with Crippen LogP contribution in [0.1, 0.15) is 26.7 Å². The van der Waals surface area contributed by atoms with Crippen molar-refractivity contribution < 1.29 is 9.22 Å². The van der Waals surface area contributed by atoms with Gasteiger partial charge in [0, 0.05) is 6.42 Å². The molecule has 0 aromatic heterocycles. The molecule has 2 nitrogen and oxygen atoms in total. The van der Waals surface area contributed by atoms with Gasteiger partial charge in [0.2, 0.25) is 0 Å². The Morgan fingerprint density at radius 2 is 2.22 bits per heavy atom. The van der Waals surface area contributed by atoms with Gasteiger partial charge in [-0.25, -0.2) is 0 Å². The summed E-state index contributed by atoms with van der Waals surface area (Å²) in [6.45, 7) is 3.97. The molecule has 0 aliphatic heterocycles. The maximum absolute atomic E-state index is 10.6. The fourth-order valence-corrected chi connectivity index (χ4v) is 0.815. The average molecular weight is 144 g/mol. The molecule has 9 heavy (non-hydrogen) atoms. The molecule has 0 unspecified atom stereocenters. The van der Waals surface area contributed by atoms with Gasteiger partial charge in [0.15, 0.2) is 0 Å². The number of hydrogen-bond acceptors (Lipinski definition) is 2. The molecule has 0 N–H and O–H groups in total. The Morgan fingerprint density at radius 3 is 2.67 bits per heavy atom. The molecule has 0 aliphatic carbocycles. The van der Waals surface area contributed by atoms with Gasteiger partial charge in [-0.1, -0.05) is 13.8 Å². The summed E-state index contributed by atoms with van der Waals surface area (Å²) in [4.78, 5) is 10.6. The van der Waals surface area contributed by atoms with E-state index < -0.39 is 0 Å². The standard InChI is InChI=1S/C6H12O2Si/c1-3-5-6(7)8-9-4-2/h3-5H2,1-2H3. The largest absolute Gasteiger partial charge is 0.516 e. The second-order valence-electron chi connectivity index (χ2n) is 1.72. The first-order chi connectivity index (χ1) is 4.31. The van der Waals surface area contributed by atoms with Crippen LogP contribution in [0.25, 0.3) is 0 Å². The maximum Gasteiger partial charge on any atom is 0.314 e. The van der Waals surface area contributed by atoms with E-state index in [-0.39, 0.29) is 5.97 Å². The second kappa shape index (κ2) is 5.82. The number of hydrogen-bond donors (Lipinski definition) is 0. The summed E-state index contributed by atoms with van der Waals surface area (Å²) in [5.74, 6) is -0.0577. The topological polar surface area (TPSA) is 26.3 Å². The fourth-order valence-electron chi connectivity index (χ4n) is 0.408. The SMILES string of the molecule is CCCC(=O)O[Si]CC. The zero-order chi connectivity index (χ0) is 7.11. The van der Waals surface area contributed by atoms with Gasteiger partial charge < -0.3 is 4.43 Å². The van der Waals surface area contributed by atoms with E-state index in [4.69, 9.17) is 4.43 Å². The molecule has 3 heteroatoms. The van der Waals surface area contributed by atoms with Crippen molar-refractivity contribution in [2.75, 3.05) is 0 Å². The fraction of sp³-hybridized carbons (Fsp3) is 0.833. The van der Waals surface area contributed by atoms with E-state index in [1.54, 1.807) is 0 Å². The predicted molar refractivity (Wildman–Crippen MR) is 37.2 cm³/mol. The zero-order valence-corrected chi connectivity index (χ0v) is 6.94. The van der Waals surface area contributed by atoms with Crippen LogP contribution in [0, 0.1) is 0 Å². The van der Waals surface area contributed by atoms with Gasteiger partial charge in [-0.3, -0.25) is 4.79 Å². The molecule has 0 aromatic carbocycles. The summed E-state index contributed by atoms with van der Waals surface area (Å²) < 4.78 is 4.82. The van der Waals surface area contributed by atoms with Gasteiger partial charge in [-0.2, -0.15) is 0 Å². The third kappa shape index (κ3) is 5.56. The van der Waals surface area contributed by atoms with Crippen molar-refractivity contribution in [2.24, 2.45) is 0 Å². The highest BCUT2D eigenvalue weighted by atomic mass is 28.2. The number of carbonyl (C=O) groups is 1. The van der Waals surface area contributed by atoms with Crippen LogP contribution in [-0.2, 0) is 9.22 Å². The highest BCUT2D eigenvalue weighted by Gasteiger charge is 1.98. The number of carbonyl (C=O) groups excluding carboxylic acids is 1. The van der Waals surface area contributed by atoms with E-state index in [1.807, 2.05) is 13.8 Å². The van der Waals surface area contributed by atoms with Crippen molar-refractivity contribution >= 4 is 15.7 Å². The van der Waals surface area contributed by atoms with Crippen LogP contribution in [0.3, 0.4) is 0 Å². The van der Waals surface area contributed by atoms with Crippen molar-refractivity contribution in [2.45, 2.75) is 32.7 Å². The molecular formula is C6H12O2Si. The van der Waals surface area contributed by atoms with E-state index in [1.165, 1.54) is 0 Å². The Balaban J connectivity index is 3.06. The maximum atomic E-state index is 10.6. The molecule has 0 saturated heterocycles. The van der Waals surface area contributed by atoms with Gasteiger partial charge in [-0.15, -0.1) is 0 Å². The monoisotopic (exact) mass is 144 g/mol. The lowest BCUT2D eigenvalue weighted by Crippen LogP contribution is -2.06. The van der Waals surface area contributed by atoms with Crippen LogP contribution in [-0.4, -0.2) is 15.7 Å². The first-order valence-corrected chi connectivity index (χ1v) is 4.35. The normalized spacial score (nSPS) is 9.11. The van der Waals surface area contributed by atoms with Gasteiger partial charge in [-0.05, 0) is 12.5 Å².